The van der Waals surface area contributed by atoms with E-state index < -0.39 is 11.3 Å². The molecule has 4 nitrogen and oxygen atoms in total. The Hall–Kier alpha value is -1.94. The molecule has 2 aromatic rings. The topological polar surface area (TPSA) is 59.3 Å². The minimum absolute atomic E-state index is 0.118. The van der Waals surface area contributed by atoms with E-state index in [-0.39, 0.29) is 6.61 Å². The van der Waals surface area contributed by atoms with Crippen LogP contribution >= 0.6 is 0 Å². The van der Waals surface area contributed by atoms with Crippen LogP contribution in [0, 0.1) is 0 Å². The molecule has 1 heterocycles. The van der Waals surface area contributed by atoms with E-state index >= 15 is 0 Å². The van der Waals surface area contributed by atoms with Gasteiger partial charge in [-0.2, -0.15) is 0 Å². The Labute approximate surface area is 105 Å². The van der Waals surface area contributed by atoms with Gasteiger partial charge < -0.3 is 9.67 Å². The lowest BCUT2D eigenvalue weighted by atomic mass is 10.1. The molecule has 0 amide bonds. The second kappa shape index (κ2) is 4.38. The average Bonchev–Trinajstić information content (AvgIpc) is 2.78. The van der Waals surface area contributed by atoms with Gasteiger partial charge in [0.2, 0.25) is 5.78 Å². The molecular weight excluding hydrogens is 230 g/mol. The molecule has 4 heteroatoms. The first-order valence-corrected chi connectivity index (χ1v) is 5.72. The summed E-state index contributed by atoms with van der Waals surface area (Å²) in [6, 6.07) is 7.37. The quantitative estimate of drug-likeness (QED) is 0.507. The fourth-order valence-electron chi connectivity index (χ4n) is 2.02. The maximum Gasteiger partial charge on any atom is 0.242 e. The molecular formula is C14H15NO3. The molecule has 0 radical (unpaired) electrons. The van der Waals surface area contributed by atoms with Gasteiger partial charge in [0.25, 0.3) is 0 Å². The number of rotatable bonds is 4. The van der Waals surface area contributed by atoms with Crippen molar-refractivity contribution in [2.45, 2.75) is 19.4 Å². The largest absolute Gasteiger partial charge is 0.394 e. The van der Waals surface area contributed by atoms with E-state index in [1.54, 1.807) is 16.8 Å². The number of aliphatic hydroxyl groups excluding tert-OH is 1. The molecule has 0 aliphatic heterocycles. The average molecular weight is 245 g/mol. The molecule has 0 unspecified atom stereocenters. The lowest BCUT2D eigenvalue weighted by Gasteiger charge is -2.26. The number of hydrogen-bond acceptors (Lipinski definition) is 3. The summed E-state index contributed by atoms with van der Waals surface area (Å²) >= 11 is 0. The van der Waals surface area contributed by atoms with Crippen LogP contribution in [0.2, 0.25) is 0 Å². The van der Waals surface area contributed by atoms with Crippen LogP contribution in [-0.2, 0) is 10.3 Å². The van der Waals surface area contributed by atoms with Gasteiger partial charge in [0, 0.05) is 17.0 Å². The maximum absolute atomic E-state index is 11.8. The summed E-state index contributed by atoms with van der Waals surface area (Å²) < 4.78 is 1.67. The number of carbonyl (C=O) groups excluding carboxylic acids is 2. The van der Waals surface area contributed by atoms with Crippen molar-refractivity contribution in [3.8, 4) is 0 Å². The molecule has 2 rings (SSSR count). The number of benzene rings is 1. The maximum atomic E-state index is 11.8. The van der Waals surface area contributed by atoms with Gasteiger partial charge in [0.15, 0.2) is 6.29 Å². The normalized spacial score (nSPS) is 11.7. The molecule has 1 aromatic heterocycles. The van der Waals surface area contributed by atoms with Crippen molar-refractivity contribution < 1.29 is 14.7 Å². The Balaban J connectivity index is 2.80. The highest BCUT2D eigenvalue weighted by Gasteiger charge is 2.26. The molecule has 18 heavy (non-hydrogen) atoms. The van der Waals surface area contributed by atoms with Crippen molar-refractivity contribution in [3.63, 3.8) is 0 Å². The summed E-state index contributed by atoms with van der Waals surface area (Å²) in [6.45, 7) is 3.51. The fraction of sp³-hybridized carbons (Fsp3) is 0.286. The summed E-state index contributed by atoms with van der Waals surface area (Å²) in [5.41, 5.74) is -0.299. The van der Waals surface area contributed by atoms with Crippen LogP contribution in [0.4, 0.5) is 0 Å². The summed E-state index contributed by atoms with van der Waals surface area (Å²) in [7, 11) is 0. The minimum Gasteiger partial charge on any atom is -0.394 e. The van der Waals surface area contributed by atoms with Crippen molar-refractivity contribution >= 4 is 22.8 Å². The molecule has 0 spiro atoms. The Morgan fingerprint density at radius 2 is 2.06 bits per heavy atom. The van der Waals surface area contributed by atoms with Crippen LogP contribution in [0.25, 0.3) is 10.8 Å². The molecule has 1 aromatic carbocycles. The van der Waals surface area contributed by atoms with Gasteiger partial charge >= 0.3 is 0 Å². The predicted octanol–water partition coefficient (Wildman–Crippen LogP) is 1.75. The SMILES string of the molecule is CC(C)(CO)n1cc2ccccc2c1C(=O)C=O. The van der Waals surface area contributed by atoms with E-state index in [1.807, 2.05) is 32.0 Å². The molecule has 1 N–H and O–H groups in total. The van der Waals surface area contributed by atoms with Gasteiger partial charge in [-0.25, -0.2) is 0 Å². The van der Waals surface area contributed by atoms with Crippen molar-refractivity contribution in [2.75, 3.05) is 6.61 Å². The standard InChI is InChI=1S/C14H15NO3/c1-14(2,9-17)15-7-10-5-3-4-6-11(10)13(15)12(18)8-16/h3-8,17H,9H2,1-2H3. The molecule has 0 fully saturated rings. The number of hydrogen-bond donors (Lipinski definition) is 1. The third-order valence-corrected chi connectivity index (χ3v) is 3.10. The van der Waals surface area contributed by atoms with Crippen LogP contribution < -0.4 is 0 Å². The van der Waals surface area contributed by atoms with Gasteiger partial charge in [0.05, 0.1) is 12.1 Å². The molecule has 0 saturated heterocycles. The Kier molecular flexibility index (Phi) is 3.05. The highest BCUT2D eigenvalue weighted by atomic mass is 16.3. The van der Waals surface area contributed by atoms with Crippen molar-refractivity contribution in [3.05, 3.63) is 36.2 Å². The first-order valence-electron chi connectivity index (χ1n) is 5.72. The van der Waals surface area contributed by atoms with Gasteiger partial charge in [0.1, 0.15) is 5.69 Å². The monoisotopic (exact) mass is 245 g/mol. The van der Waals surface area contributed by atoms with Crippen LogP contribution in [0.5, 0.6) is 0 Å². The Morgan fingerprint density at radius 1 is 1.39 bits per heavy atom. The van der Waals surface area contributed by atoms with Gasteiger partial charge in [-0.05, 0) is 13.8 Å². The third-order valence-electron chi connectivity index (χ3n) is 3.10. The van der Waals surface area contributed by atoms with Crippen molar-refractivity contribution in [2.24, 2.45) is 0 Å². The molecule has 0 atom stereocenters. The van der Waals surface area contributed by atoms with E-state index in [0.29, 0.717) is 12.0 Å². The Bertz CT molecular complexity index is 611. The second-order valence-corrected chi connectivity index (χ2v) is 4.89. The highest BCUT2D eigenvalue weighted by Crippen LogP contribution is 2.27. The summed E-state index contributed by atoms with van der Waals surface area (Å²) in [5.74, 6) is -0.572. The number of fused-ring (bicyclic) bond motifs is 1. The fourth-order valence-corrected chi connectivity index (χ4v) is 2.02. The van der Waals surface area contributed by atoms with Gasteiger partial charge in [-0.3, -0.25) is 9.59 Å². The van der Waals surface area contributed by atoms with E-state index in [0.717, 1.165) is 10.8 Å². The van der Waals surface area contributed by atoms with Crippen LogP contribution in [-0.4, -0.2) is 28.3 Å². The van der Waals surface area contributed by atoms with Crippen molar-refractivity contribution in [1.29, 1.82) is 0 Å². The lowest BCUT2D eigenvalue weighted by molar-refractivity contribution is -0.104. The number of aliphatic hydroxyl groups is 1. The number of aromatic nitrogens is 1. The summed E-state index contributed by atoms with van der Waals surface area (Å²) in [5, 5.41) is 11.0. The zero-order chi connectivity index (χ0) is 13.3. The first-order chi connectivity index (χ1) is 8.51. The smallest absolute Gasteiger partial charge is 0.242 e. The summed E-state index contributed by atoms with van der Waals surface area (Å²) in [4.78, 5) is 22.6. The first kappa shape index (κ1) is 12.5. The second-order valence-electron chi connectivity index (χ2n) is 4.89. The number of aldehydes is 1. The van der Waals surface area contributed by atoms with Gasteiger partial charge in [-0.1, -0.05) is 24.3 Å². The molecule has 0 aliphatic rings. The summed E-state index contributed by atoms with van der Waals surface area (Å²) in [6.07, 6.45) is 2.11. The van der Waals surface area contributed by atoms with Crippen LogP contribution in [0.3, 0.4) is 0 Å². The number of nitrogens with zero attached hydrogens (tertiary/aromatic N) is 1. The number of carbonyl (C=O) groups is 2. The minimum atomic E-state index is -0.632. The van der Waals surface area contributed by atoms with Crippen LogP contribution in [0.1, 0.15) is 24.3 Å². The zero-order valence-corrected chi connectivity index (χ0v) is 10.4. The molecule has 0 aliphatic carbocycles. The van der Waals surface area contributed by atoms with E-state index in [9.17, 15) is 14.7 Å². The van der Waals surface area contributed by atoms with Crippen molar-refractivity contribution in [1.82, 2.24) is 4.57 Å². The van der Waals surface area contributed by atoms with Crippen LogP contribution in [0.15, 0.2) is 30.5 Å². The van der Waals surface area contributed by atoms with E-state index in [2.05, 4.69) is 0 Å². The third kappa shape index (κ3) is 1.84. The number of ketones is 1. The lowest BCUT2D eigenvalue weighted by Crippen LogP contribution is -2.32. The zero-order valence-electron chi connectivity index (χ0n) is 10.4. The Morgan fingerprint density at radius 3 is 2.67 bits per heavy atom. The van der Waals surface area contributed by atoms with E-state index in [1.165, 1.54) is 0 Å². The van der Waals surface area contributed by atoms with Gasteiger partial charge in [-0.15, -0.1) is 0 Å². The molecule has 0 bridgehead atoms. The predicted molar refractivity (Wildman–Crippen MR) is 68.7 cm³/mol. The van der Waals surface area contributed by atoms with E-state index in [4.69, 9.17) is 0 Å². The number of Topliss-reactive ketones (excluding diaryl/α,β-unsaturated/α-hetero) is 1. The molecule has 94 valence electrons. The highest BCUT2D eigenvalue weighted by molar-refractivity contribution is 6.35. The molecule has 0 saturated carbocycles.